The van der Waals surface area contributed by atoms with E-state index in [0.29, 0.717) is 12.8 Å². The molecule has 0 aromatic heterocycles. The first-order valence-electron chi connectivity index (χ1n) is 5.13. The van der Waals surface area contributed by atoms with Crippen molar-refractivity contribution in [1.82, 2.24) is 0 Å². The van der Waals surface area contributed by atoms with Gasteiger partial charge < -0.3 is 0 Å². The fraction of sp³-hybridized carbons (Fsp3) is 0.900. The highest BCUT2D eigenvalue weighted by molar-refractivity contribution is 7.86. The molecule has 0 N–H and O–H groups in total. The van der Waals surface area contributed by atoms with Crippen LogP contribution in [-0.2, 0) is 19.1 Å². The Hall–Kier alpha value is -0.420. The van der Waals surface area contributed by atoms with E-state index in [1.165, 1.54) is 0 Å². The number of fused-ring (bicyclic) bond motifs is 2. The first-order valence-corrected chi connectivity index (χ1v) is 6.95. The van der Waals surface area contributed by atoms with Crippen LogP contribution in [0.2, 0.25) is 0 Å². The van der Waals surface area contributed by atoms with Crippen molar-refractivity contribution in [3.05, 3.63) is 0 Å². The molecule has 5 heteroatoms. The molecule has 2 atom stereocenters. The van der Waals surface area contributed by atoms with E-state index in [1.807, 2.05) is 13.8 Å². The first-order chi connectivity index (χ1) is 6.69. The van der Waals surface area contributed by atoms with Crippen LogP contribution in [0.15, 0.2) is 0 Å². The standard InChI is InChI=1S/C10H16O4S/c1-9(2)7-4-5-10(9,8(11)6-7)14-15(3,12)13/h7H,4-6H2,1-3H3. The molecule has 0 spiro atoms. The van der Waals surface area contributed by atoms with Crippen LogP contribution < -0.4 is 0 Å². The summed E-state index contributed by atoms with van der Waals surface area (Å²) in [6, 6.07) is 0. The Kier molecular flexibility index (Phi) is 2.09. The number of carbonyl (C=O) groups is 1. The highest BCUT2D eigenvalue weighted by Gasteiger charge is 2.66. The van der Waals surface area contributed by atoms with Crippen LogP contribution in [-0.4, -0.2) is 26.1 Å². The smallest absolute Gasteiger partial charge is 0.265 e. The predicted molar refractivity (Wildman–Crippen MR) is 54.8 cm³/mol. The summed E-state index contributed by atoms with van der Waals surface area (Å²) in [5, 5.41) is 0. The van der Waals surface area contributed by atoms with E-state index in [1.54, 1.807) is 0 Å². The molecule has 0 heterocycles. The van der Waals surface area contributed by atoms with E-state index in [4.69, 9.17) is 4.18 Å². The van der Waals surface area contributed by atoms with Gasteiger partial charge in [-0.1, -0.05) is 13.8 Å². The molecule has 2 bridgehead atoms. The summed E-state index contributed by atoms with van der Waals surface area (Å²) in [5.41, 5.74) is -1.43. The summed E-state index contributed by atoms with van der Waals surface area (Å²) >= 11 is 0. The van der Waals surface area contributed by atoms with E-state index < -0.39 is 15.7 Å². The molecule has 0 aliphatic heterocycles. The Morgan fingerprint density at radius 2 is 2.00 bits per heavy atom. The lowest BCUT2D eigenvalue weighted by atomic mass is 9.79. The Morgan fingerprint density at radius 3 is 2.33 bits per heavy atom. The second-order valence-corrected chi connectivity index (χ2v) is 6.77. The molecule has 0 saturated heterocycles. The van der Waals surface area contributed by atoms with E-state index >= 15 is 0 Å². The molecule has 86 valence electrons. The molecule has 0 aromatic carbocycles. The van der Waals surface area contributed by atoms with Gasteiger partial charge in [0.15, 0.2) is 11.4 Å². The molecule has 2 unspecified atom stereocenters. The summed E-state index contributed by atoms with van der Waals surface area (Å²) in [5.74, 6) is 0.223. The van der Waals surface area contributed by atoms with Gasteiger partial charge >= 0.3 is 0 Å². The zero-order chi connectivity index (χ0) is 11.5. The Bertz CT molecular complexity index is 409. The molecule has 0 amide bonds. The van der Waals surface area contributed by atoms with Crippen LogP contribution in [0.1, 0.15) is 33.1 Å². The topological polar surface area (TPSA) is 60.4 Å². The van der Waals surface area contributed by atoms with Gasteiger partial charge in [-0.15, -0.1) is 0 Å². The Morgan fingerprint density at radius 1 is 1.40 bits per heavy atom. The van der Waals surface area contributed by atoms with E-state index in [0.717, 1.165) is 12.7 Å². The zero-order valence-electron chi connectivity index (χ0n) is 9.24. The highest BCUT2D eigenvalue weighted by atomic mass is 32.2. The summed E-state index contributed by atoms with van der Waals surface area (Å²) in [4.78, 5) is 11.9. The number of hydrogen-bond donors (Lipinski definition) is 0. The van der Waals surface area contributed by atoms with Crippen LogP contribution in [0.25, 0.3) is 0 Å². The predicted octanol–water partition coefficient (Wildman–Crippen LogP) is 1.11. The fourth-order valence-electron chi connectivity index (χ4n) is 3.09. The number of carbonyl (C=O) groups excluding carboxylic acids is 1. The zero-order valence-corrected chi connectivity index (χ0v) is 10.1. The van der Waals surface area contributed by atoms with E-state index in [9.17, 15) is 13.2 Å². The summed E-state index contributed by atoms with van der Waals surface area (Å²) in [6.07, 6.45) is 2.89. The molecular weight excluding hydrogens is 216 g/mol. The maximum atomic E-state index is 11.9. The third kappa shape index (κ3) is 1.36. The molecule has 2 fully saturated rings. The van der Waals surface area contributed by atoms with Gasteiger partial charge in [0.05, 0.1) is 6.26 Å². The third-order valence-electron chi connectivity index (χ3n) is 4.08. The number of ketones is 1. The molecule has 0 radical (unpaired) electrons. The van der Waals surface area contributed by atoms with Crippen molar-refractivity contribution < 1.29 is 17.4 Å². The van der Waals surface area contributed by atoms with Gasteiger partial charge in [-0.05, 0) is 18.8 Å². The van der Waals surface area contributed by atoms with Crippen LogP contribution in [0.4, 0.5) is 0 Å². The summed E-state index contributed by atoms with van der Waals surface area (Å²) in [7, 11) is -3.58. The van der Waals surface area contributed by atoms with Crippen LogP contribution in [0.5, 0.6) is 0 Å². The maximum absolute atomic E-state index is 11.9. The lowest BCUT2D eigenvalue weighted by Crippen LogP contribution is -2.47. The monoisotopic (exact) mass is 232 g/mol. The lowest BCUT2D eigenvalue weighted by molar-refractivity contribution is -0.136. The van der Waals surface area contributed by atoms with Crippen LogP contribution >= 0.6 is 0 Å². The van der Waals surface area contributed by atoms with Gasteiger partial charge in [0.2, 0.25) is 0 Å². The summed E-state index contributed by atoms with van der Waals surface area (Å²) < 4.78 is 27.6. The molecule has 2 rings (SSSR count). The quantitative estimate of drug-likeness (QED) is 0.669. The van der Waals surface area contributed by atoms with Gasteiger partial charge in [-0.3, -0.25) is 8.98 Å². The van der Waals surface area contributed by atoms with Crippen molar-refractivity contribution in [2.75, 3.05) is 6.26 Å². The Balaban J connectivity index is 2.45. The first kappa shape index (κ1) is 11.1. The minimum atomic E-state index is -3.58. The van der Waals surface area contributed by atoms with Crippen molar-refractivity contribution in [1.29, 1.82) is 0 Å². The molecule has 0 aromatic rings. The maximum Gasteiger partial charge on any atom is 0.265 e. The average molecular weight is 232 g/mol. The van der Waals surface area contributed by atoms with E-state index in [-0.39, 0.29) is 17.1 Å². The van der Waals surface area contributed by atoms with Crippen LogP contribution in [0.3, 0.4) is 0 Å². The second-order valence-electron chi connectivity index (χ2n) is 5.20. The molecule has 2 saturated carbocycles. The molecule has 15 heavy (non-hydrogen) atoms. The molecule has 2 aliphatic carbocycles. The number of rotatable bonds is 2. The highest BCUT2D eigenvalue weighted by Crippen LogP contribution is 2.60. The van der Waals surface area contributed by atoms with Gasteiger partial charge in [0.25, 0.3) is 10.1 Å². The van der Waals surface area contributed by atoms with Crippen molar-refractivity contribution in [2.24, 2.45) is 11.3 Å². The van der Waals surface area contributed by atoms with Crippen molar-refractivity contribution >= 4 is 15.9 Å². The van der Waals surface area contributed by atoms with Gasteiger partial charge in [0, 0.05) is 11.8 Å². The normalized spacial score (nSPS) is 38.6. The van der Waals surface area contributed by atoms with Gasteiger partial charge in [0.1, 0.15) is 0 Å². The van der Waals surface area contributed by atoms with Gasteiger partial charge in [-0.25, -0.2) is 0 Å². The minimum absolute atomic E-state index is 0.0471. The average Bonchev–Trinajstić information content (AvgIpc) is 2.34. The Labute approximate surface area is 90.1 Å². The summed E-state index contributed by atoms with van der Waals surface area (Å²) in [6.45, 7) is 3.86. The SMILES string of the molecule is CC1(C)C2CCC1(OS(C)(=O)=O)C(=O)C2. The molecular formula is C10H16O4S. The van der Waals surface area contributed by atoms with Crippen molar-refractivity contribution in [3.63, 3.8) is 0 Å². The largest absolute Gasteiger partial charge is 0.296 e. The number of Topliss-reactive ketones (excluding diaryl/α,β-unsaturated/α-hetero) is 1. The van der Waals surface area contributed by atoms with E-state index in [2.05, 4.69) is 0 Å². The minimum Gasteiger partial charge on any atom is -0.296 e. The van der Waals surface area contributed by atoms with Crippen LogP contribution in [0, 0.1) is 11.3 Å². The lowest BCUT2D eigenvalue weighted by Gasteiger charge is -2.34. The van der Waals surface area contributed by atoms with Crippen molar-refractivity contribution in [3.8, 4) is 0 Å². The fourth-order valence-corrected chi connectivity index (χ4v) is 4.00. The number of hydrogen-bond acceptors (Lipinski definition) is 4. The van der Waals surface area contributed by atoms with Gasteiger partial charge in [-0.2, -0.15) is 8.42 Å². The third-order valence-corrected chi connectivity index (χ3v) is 4.67. The molecule has 4 nitrogen and oxygen atoms in total. The molecule has 2 aliphatic rings. The van der Waals surface area contributed by atoms with Crippen molar-refractivity contribution in [2.45, 2.75) is 38.7 Å². The second kappa shape index (κ2) is 2.83.